The minimum Gasteiger partial charge on any atom is -0.508 e. The highest BCUT2D eigenvalue weighted by Gasteiger charge is 2.16. The van der Waals surface area contributed by atoms with Crippen LogP contribution in [0.2, 0.25) is 0 Å². The highest BCUT2D eigenvalue weighted by molar-refractivity contribution is 5.90. The molecule has 0 spiro atoms. The van der Waals surface area contributed by atoms with Crippen LogP contribution < -0.4 is 10.6 Å². The predicted octanol–water partition coefficient (Wildman–Crippen LogP) is 3.67. The second-order valence-corrected chi connectivity index (χ2v) is 6.10. The number of ether oxygens (including phenoxy) is 1. The van der Waals surface area contributed by atoms with Gasteiger partial charge in [0.15, 0.2) is 0 Å². The topological polar surface area (TPSA) is 79.3 Å². The van der Waals surface area contributed by atoms with Crippen LogP contribution >= 0.6 is 0 Å². The molecular formula is C19H20N4O2. The van der Waals surface area contributed by atoms with E-state index in [1.54, 1.807) is 18.2 Å². The highest BCUT2D eigenvalue weighted by Crippen LogP contribution is 2.25. The molecule has 3 N–H and O–H groups in total. The minimum atomic E-state index is 0.197. The second kappa shape index (κ2) is 6.94. The molecule has 25 heavy (non-hydrogen) atoms. The van der Waals surface area contributed by atoms with Gasteiger partial charge in [-0.3, -0.25) is 0 Å². The van der Waals surface area contributed by atoms with E-state index in [9.17, 15) is 5.11 Å². The van der Waals surface area contributed by atoms with Crippen LogP contribution in [0.3, 0.4) is 0 Å². The molecule has 2 heterocycles. The van der Waals surface area contributed by atoms with Crippen LogP contribution in [0.1, 0.15) is 12.8 Å². The molecule has 1 aliphatic rings. The van der Waals surface area contributed by atoms with E-state index < -0.39 is 0 Å². The van der Waals surface area contributed by atoms with E-state index in [0.717, 1.165) is 48.4 Å². The molecule has 6 nitrogen and oxygen atoms in total. The Hall–Kier alpha value is -2.86. The van der Waals surface area contributed by atoms with Crippen LogP contribution in [-0.4, -0.2) is 34.3 Å². The lowest BCUT2D eigenvalue weighted by Gasteiger charge is -2.14. The third kappa shape index (κ3) is 3.64. The van der Waals surface area contributed by atoms with Gasteiger partial charge in [-0.2, -0.15) is 4.98 Å². The maximum atomic E-state index is 9.62. The van der Waals surface area contributed by atoms with Crippen molar-refractivity contribution in [3.63, 3.8) is 0 Å². The van der Waals surface area contributed by atoms with Crippen molar-refractivity contribution in [2.24, 2.45) is 0 Å². The first-order valence-corrected chi connectivity index (χ1v) is 8.46. The van der Waals surface area contributed by atoms with E-state index in [2.05, 4.69) is 20.6 Å². The van der Waals surface area contributed by atoms with E-state index in [1.807, 2.05) is 30.3 Å². The molecule has 0 radical (unpaired) electrons. The molecule has 0 saturated carbocycles. The van der Waals surface area contributed by atoms with Crippen molar-refractivity contribution in [2.45, 2.75) is 18.9 Å². The molecule has 1 aromatic heterocycles. The Balaban J connectivity index is 1.63. The van der Waals surface area contributed by atoms with Crippen molar-refractivity contribution >= 4 is 28.4 Å². The smallest absolute Gasteiger partial charge is 0.229 e. The molecule has 1 atom stereocenters. The van der Waals surface area contributed by atoms with Gasteiger partial charge in [-0.1, -0.05) is 18.2 Å². The number of rotatable bonds is 5. The summed E-state index contributed by atoms with van der Waals surface area (Å²) in [6, 6.07) is 14.8. The molecule has 3 aromatic rings. The standard InChI is InChI=1S/C19H20N4O2/c24-14-6-3-5-13(11-14)21-19-22-17-9-2-1-8-16(17)18(23-19)20-12-15-7-4-10-25-15/h1-3,5-6,8-9,11,15,24H,4,7,10,12H2,(H2,20,21,22,23)/t15-/m1/s1. The SMILES string of the molecule is Oc1cccc(Nc2nc(NC[C@H]3CCCO3)c3ccccc3n2)c1. The molecule has 0 aliphatic carbocycles. The van der Waals surface area contributed by atoms with E-state index in [-0.39, 0.29) is 11.9 Å². The molecule has 1 saturated heterocycles. The zero-order valence-corrected chi connectivity index (χ0v) is 13.8. The van der Waals surface area contributed by atoms with Gasteiger partial charge in [0.05, 0.1) is 11.6 Å². The molecule has 0 amide bonds. The normalized spacial score (nSPS) is 16.9. The molecule has 0 unspecified atom stereocenters. The monoisotopic (exact) mass is 336 g/mol. The third-order valence-electron chi connectivity index (χ3n) is 4.23. The summed E-state index contributed by atoms with van der Waals surface area (Å²) < 4.78 is 5.68. The van der Waals surface area contributed by atoms with Crippen LogP contribution in [0.5, 0.6) is 5.75 Å². The lowest BCUT2D eigenvalue weighted by Crippen LogP contribution is -2.19. The third-order valence-corrected chi connectivity index (χ3v) is 4.23. The zero-order chi connectivity index (χ0) is 17.1. The van der Waals surface area contributed by atoms with Gasteiger partial charge >= 0.3 is 0 Å². The Labute approximate surface area is 145 Å². The number of fused-ring (bicyclic) bond motifs is 1. The van der Waals surface area contributed by atoms with Crippen molar-refractivity contribution in [2.75, 3.05) is 23.8 Å². The van der Waals surface area contributed by atoms with Crippen LogP contribution in [0, 0.1) is 0 Å². The van der Waals surface area contributed by atoms with Crippen LogP contribution in [0.25, 0.3) is 10.9 Å². The van der Waals surface area contributed by atoms with Gasteiger partial charge in [-0.05, 0) is 37.1 Å². The van der Waals surface area contributed by atoms with Crippen LogP contribution in [-0.2, 0) is 4.74 Å². The molecule has 0 bridgehead atoms. The fourth-order valence-corrected chi connectivity index (χ4v) is 3.00. The van der Waals surface area contributed by atoms with Crippen molar-refractivity contribution < 1.29 is 9.84 Å². The maximum Gasteiger partial charge on any atom is 0.229 e. The van der Waals surface area contributed by atoms with Gasteiger partial charge in [0.2, 0.25) is 5.95 Å². The number of nitrogens with one attached hydrogen (secondary N) is 2. The maximum absolute atomic E-state index is 9.62. The van der Waals surface area contributed by atoms with Crippen LogP contribution in [0.15, 0.2) is 48.5 Å². The number of aromatic hydroxyl groups is 1. The number of hydrogen-bond acceptors (Lipinski definition) is 6. The first kappa shape index (κ1) is 15.7. The molecule has 1 fully saturated rings. The number of nitrogens with zero attached hydrogens (tertiary/aromatic N) is 2. The molecule has 1 aliphatic heterocycles. The van der Waals surface area contributed by atoms with E-state index in [0.29, 0.717) is 5.95 Å². The molecule has 4 rings (SSSR count). The quantitative estimate of drug-likeness (QED) is 0.660. The largest absolute Gasteiger partial charge is 0.508 e. The van der Waals surface area contributed by atoms with E-state index in [4.69, 9.17) is 4.74 Å². The zero-order valence-electron chi connectivity index (χ0n) is 13.8. The Morgan fingerprint density at radius 2 is 2.04 bits per heavy atom. The van der Waals surface area contributed by atoms with Gasteiger partial charge in [0.1, 0.15) is 11.6 Å². The van der Waals surface area contributed by atoms with Crippen LogP contribution in [0.4, 0.5) is 17.5 Å². The Morgan fingerprint density at radius 1 is 1.12 bits per heavy atom. The lowest BCUT2D eigenvalue weighted by molar-refractivity contribution is 0.120. The molecular weight excluding hydrogens is 316 g/mol. The minimum absolute atomic E-state index is 0.197. The number of anilines is 3. The highest BCUT2D eigenvalue weighted by atomic mass is 16.5. The predicted molar refractivity (Wildman–Crippen MR) is 98.4 cm³/mol. The Kier molecular flexibility index (Phi) is 4.35. The summed E-state index contributed by atoms with van der Waals surface area (Å²) in [7, 11) is 0. The average molecular weight is 336 g/mol. The van der Waals surface area contributed by atoms with Gasteiger partial charge in [-0.15, -0.1) is 0 Å². The Morgan fingerprint density at radius 3 is 2.88 bits per heavy atom. The number of hydrogen-bond donors (Lipinski definition) is 3. The number of aromatic nitrogens is 2. The molecule has 2 aromatic carbocycles. The van der Waals surface area contributed by atoms with Crippen molar-refractivity contribution in [1.82, 2.24) is 9.97 Å². The summed E-state index contributed by atoms with van der Waals surface area (Å²) >= 11 is 0. The van der Waals surface area contributed by atoms with Gasteiger partial charge in [0.25, 0.3) is 0 Å². The van der Waals surface area contributed by atoms with Gasteiger partial charge < -0.3 is 20.5 Å². The van der Waals surface area contributed by atoms with Crippen molar-refractivity contribution in [1.29, 1.82) is 0 Å². The first-order chi connectivity index (χ1) is 12.3. The molecule has 6 heteroatoms. The summed E-state index contributed by atoms with van der Waals surface area (Å²) in [6.45, 7) is 1.56. The average Bonchev–Trinajstić information content (AvgIpc) is 3.13. The number of para-hydroxylation sites is 1. The summed E-state index contributed by atoms with van der Waals surface area (Å²) in [5, 5.41) is 17.1. The number of phenols is 1. The summed E-state index contributed by atoms with van der Waals surface area (Å²) in [5.74, 6) is 1.46. The Bertz CT molecular complexity index is 878. The van der Waals surface area contributed by atoms with E-state index in [1.165, 1.54) is 0 Å². The van der Waals surface area contributed by atoms with E-state index >= 15 is 0 Å². The molecule has 128 valence electrons. The van der Waals surface area contributed by atoms with Crippen molar-refractivity contribution in [3.05, 3.63) is 48.5 Å². The first-order valence-electron chi connectivity index (χ1n) is 8.46. The van der Waals surface area contributed by atoms with Gasteiger partial charge in [-0.25, -0.2) is 4.98 Å². The number of benzene rings is 2. The fraction of sp³-hybridized carbons (Fsp3) is 0.263. The van der Waals surface area contributed by atoms with Crippen molar-refractivity contribution in [3.8, 4) is 5.75 Å². The summed E-state index contributed by atoms with van der Waals surface area (Å²) in [4.78, 5) is 9.18. The fourth-order valence-electron chi connectivity index (χ4n) is 3.00. The second-order valence-electron chi connectivity index (χ2n) is 6.10. The van der Waals surface area contributed by atoms with Gasteiger partial charge in [0, 0.05) is 30.3 Å². The number of phenolic OH excluding ortho intramolecular Hbond substituents is 1. The summed E-state index contributed by atoms with van der Waals surface area (Å²) in [5.41, 5.74) is 1.59. The lowest BCUT2D eigenvalue weighted by atomic mass is 10.2. The summed E-state index contributed by atoms with van der Waals surface area (Å²) in [6.07, 6.45) is 2.42.